The van der Waals surface area contributed by atoms with Crippen molar-refractivity contribution in [1.29, 1.82) is 0 Å². The van der Waals surface area contributed by atoms with Gasteiger partial charge in [0.05, 0.1) is 35.7 Å². The summed E-state index contributed by atoms with van der Waals surface area (Å²) in [5.74, 6) is 0.906. The Morgan fingerprint density at radius 2 is 1.74 bits per heavy atom. The van der Waals surface area contributed by atoms with Gasteiger partial charge in [-0.05, 0) is 64.5 Å². The molecule has 0 spiro atoms. The van der Waals surface area contributed by atoms with Gasteiger partial charge < -0.3 is 9.47 Å². The Kier molecular flexibility index (Phi) is 6.14. The number of thioether (sulfide) groups is 1. The maximum atomic E-state index is 13.0. The molecule has 1 heterocycles. The molecule has 1 saturated heterocycles. The lowest BCUT2D eigenvalue weighted by molar-refractivity contribution is -0.123. The molecule has 0 unspecified atom stereocenters. The molecule has 8 heteroatoms. The average molecular weight is 474 g/mol. The monoisotopic (exact) mass is 473 g/mol. The molecule has 5 nitrogen and oxygen atoms in total. The number of carbonyl (C=O) groups is 2. The number of carbonyl (C=O) groups excluding carboxylic acids is 2. The molecule has 158 valence electrons. The van der Waals surface area contributed by atoms with Crippen LogP contribution in [0.1, 0.15) is 11.1 Å². The Balaban J connectivity index is 1.72. The van der Waals surface area contributed by atoms with E-state index in [0.717, 1.165) is 22.5 Å². The maximum Gasteiger partial charge on any atom is 0.293 e. The zero-order valence-corrected chi connectivity index (χ0v) is 19.0. The number of halogens is 2. The first-order valence-electron chi connectivity index (χ1n) is 9.25. The quantitative estimate of drug-likeness (QED) is 0.401. The van der Waals surface area contributed by atoms with Gasteiger partial charge in [-0.2, -0.15) is 0 Å². The maximum absolute atomic E-state index is 13.0. The predicted molar refractivity (Wildman–Crippen MR) is 125 cm³/mol. The van der Waals surface area contributed by atoms with Gasteiger partial charge in [-0.3, -0.25) is 14.5 Å². The van der Waals surface area contributed by atoms with Crippen LogP contribution in [0.5, 0.6) is 11.5 Å². The van der Waals surface area contributed by atoms with E-state index in [4.69, 9.17) is 32.7 Å². The van der Waals surface area contributed by atoms with Gasteiger partial charge in [0, 0.05) is 5.56 Å². The number of fused-ring (bicyclic) bond motifs is 1. The predicted octanol–water partition coefficient (Wildman–Crippen LogP) is 6.40. The van der Waals surface area contributed by atoms with Crippen molar-refractivity contribution in [3.8, 4) is 11.5 Å². The lowest BCUT2D eigenvalue weighted by Gasteiger charge is -2.13. The number of rotatable bonds is 5. The fraction of sp³-hybridized carbons (Fsp3) is 0.130. The summed E-state index contributed by atoms with van der Waals surface area (Å²) < 4.78 is 10.9. The standard InChI is InChI=1S/C23H17Cl2NO4S/c1-29-15-6-4-14-5-8-20(30-2)17(16(14)10-15)11-21-22(27)26(23(28)31-21)12-13-3-7-18(24)19(25)9-13/h3-11H,12H2,1-2H3. The fourth-order valence-corrected chi connectivity index (χ4v) is 4.48. The van der Waals surface area contributed by atoms with Crippen LogP contribution in [-0.4, -0.2) is 30.3 Å². The molecule has 0 N–H and O–H groups in total. The van der Waals surface area contributed by atoms with Gasteiger partial charge in [0.2, 0.25) is 0 Å². The first-order chi connectivity index (χ1) is 14.9. The topological polar surface area (TPSA) is 55.8 Å². The van der Waals surface area contributed by atoms with Gasteiger partial charge in [0.15, 0.2) is 0 Å². The van der Waals surface area contributed by atoms with Crippen LogP contribution in [0.25, 0.3) is 16.8 Å². The van der Waals surface area contributed by atoms with E-state index >= 15 is 0 Å². The van der Waals surface area contributed by atoms with Crippen molar-refractivity contribution in [3.05, 3.63) is 74.6 Å². The van der Waals surface area contributed by atoms with Crippen molar-refractivity contribution in [2.45, 2.75) is 6.54 Å². The minimum absolute atomic E-state index is 0.111. The van der Waals surface area contributed by atoms with Crippen molar-refractivity contribution in [2.75, 3.05) is 14.2 Å². The van der Waals surface area contributed by atoms with Crippen LogP contribution >= 0.6 is 35.0 Å². The summed E-state index contributed by atoms with van der Waals surface area (Å²) in [6.07, 6.45) is 1.69. The van der Waals surface area contributed by atoms with Gasteiger partial charge in [0.25, 0.3) is 11.1 Å². The molecular formula is C23H17Cl2NO4S. The van der Waals surface area contributed by atoms with E-state index in [0.29, 0.717) is 37.6 Å². The first-order valence-corrected chi connectivity index (χ1v) is 10.8. The molecule has 31 heavy (non-hydrogen) atoms. The van der Waals surface area contributed by atoms with Crippen LogP contribution < -0.4 is 9.47 Å². The van der Waals surface area contributed by atoms with E-state index < -0.39 is 0 Å². The van der Waals surface area contributed by atoms with Gasteiger partial charge in [0.1, 0.15) is 11.5 Å². The molecule has 4 rings (SSSR count). The van der Waals surface area contributed by atoms with Crippen molar-refractivity contribution in [2.24, 2.45) is 0 Å². The molecule has 1 fully saturated rings. The summed E-state index contributed by atoms with van der Waals surface area (Å²) in [4.78, 5) is 27.1. The first kappa shape index (κ1) is 21.6. The van der Waals surface area contributed by atoms with Crippen LogP contribution in [0, 0.1) is 0 Å². The zero-order valence-electron chi connectivity index (χ0n) is 16.6. The third-order valence-electron chi connectivity index (χ3n) is 4.92. The normalized spacial score (nSPS) is 15.2. The summed E-state index contributed by atoms with van der Waals surface area (Å²) in [5.41, 5.74) is 1.42. The fourth-order valence-electron chi connectivity index (χ4n) is 3.34. The van der Waals surface area contributed by atoms with Crippen molar-refractivity contribution in [1.82, 2.24) is 4.90 Å². The van der Waals surface area contributed by atoms with Gasteiger partial charge >= 0.3 is 0 Å². The Labute approximate surface area is 193 Å². The SMILES string of the molecule is COc1ccc2ccc(OC)c(C=C3SC(=O)N(Cc4ccc(Cl)c(Cl)c4)C3=O)c2c1. The van der Waals surface area contributed by atoms with E-state index in [9.17, 15) is 9.59 Å². The third kappa shape index (κ3) is 4.24. The molecular weight excluding hydrogens is 457 g/mol. The lowest BCUT2D eigenvalue weighted by atomic mass is 10.0. The second kappa shape index (κ2) is 8.83. The number of hydrogen-bond acceptors (Lipinski definition) is 5. The van der Waals surface area contributed by atoms with Crippen molar-refractivity contribution >= 4 is 63.0 Å². The van der Waals surface area contributed by atoms with Crippen LogP contribution in [0.3, 0.4) is 0 Å². The number of benzene rings is 3. The van der Waals surface area contributed by atoms with Crippen molar-refractivity contribution < 1.29 is 19.1 Å². The largest absolute Gasteiger partial charge is 0.497 e. The third-order valence-corrected chi connectivity index (χ3v) is 6.57. The molecule has 0 saturated carbocycles. The van der Waals surface area contributed by atoms with Crippen LogP contribution in [0.4, 0.5) is 4.79 Å². The second-order valence-electron chi connectivity index (χ2n) is 6.78. The molecule has 0 bridgehead atoms. The molecule has 3 aromatic carbocycles. The Hall–Kier alpha value is -2.67. The van der Waals surface area contributed by atoms with Crippen LogP contribution in [0.15, 0.2) is 53.4 Å². The molecule has 0 aliphatic carbocycles. The number of nitrogens with zero attached hydrogens (tertiary/aromatic N) is 1. The highest BCUT2D eigenvalue weighted by Crippen LogP contribution is 2.38. The van der Waals surface area contributed by atoms with Crippen molar-refractivity contribution in [3.63, 3.8) is 0 Å². The molecule has 0 aromatic heterocycles. The van der Waals surface area contributed by atoms with Crippen LogP contribution in [-0.2, 0) is 11.3 Å². The molecule has 0 atom stereocenters. The highest BCUT2D eigenvalue weighted by Gasteiger charge is 2.35. The number of ether oxygens (including phenoxy) is 2. The summed E-state index contributed by atoms with van der Waals surface area (Å²) >= 11 is 12.9. The highest BCUT2D eigenvalue weighted by atomic mass is 35.5. The summed E-state index contributed by atoms with van der Waals surface area (Å²) in [6.45, 7) is 0.111. The van der Waals surface area contributed by atoms with E-state index in [1.165, 1.54) is 4.90 Å². The smallest absolute Gasteiger partial charge is 0.293 e. The Morgan fingerprint density at radius 3 is 2.45 bits per heavy atom. The summed E-state index contributed by atoms with van der Waals surface area (Å²) in [6, 6.07) is 14.5. The van der Waals surface area contributed by atoms with Gasteiger partial charge in [-0.15, -0.1) is 0 Å². The van der Waals surface area contributed by atoms with E-state index in [1.54, 1.807) is 38.5 Å². The number of methoxy groups -OCH3 is 2. The van der Waals surface area contributed by atoms with Gasteiger partial charge in [-0.25, -0.2) is 0 Å². The number of hydrogen-bond donors (Lipinski definition) is 0. The number of imide groups is 1. The lowest BCUT2D eigenvalue weighted by Crippen LogP contribution is -2.27. The zero-order chi connectivity index (χ0) is 22.1. The van der Waals surface area contributed by atoms with Gasteiger partial charge in [-0.1, -0.05) is 41.4 Å². The molecule has 2 amide bonds. The minimum Gasteiger partial charge on any atom is -0.497 e. The summed E-state index contributed by atoms with van der Waals surface area (Å²) in [7, 11) is 3.16. The summed E-state index contributed by atoms with van der Waals surface area (Å²) in [5, 5.41) is 2.26. The second-order valence-corrected chi connectivity index (χ2v) is 8.59. The molecule has 3 aromatic rings. The average Bonchev–Trinajstić information content (AvgIpc) is 3.03. The Bertz CT molecular complexity index is 1240. The van der Waals surface area contributed by atoms with E-state index in [-0.39, 0.29) is 17.7 Å². The van der Waals surface area contributed by atoms with E-state index in [1.807, 2.05) is 30.3 Å². The highest BCUT2D eigenvalue weighted by molar-refractivity contribution is 8.18. The molecule has 1 aliphatic heterocycles. The number of amides is 2. The molecule has 0 radical (unpaired) electrons. The Morgan fingerprint density at radius 1 is 0.968 bits per heavy atom. The van der Waals surface area contributed by atoms with Crippen LogP contribution in [0.2, 0.25) is 10.0 Å². The van der Waals surface area contributed by atoms with E-state index in [2.05, 4.69) is 0 Å². The minimum atomic E-state index is -0.372. The molecule has 1 aliphatic rings.